The van der Waals surface area contributed by atoms with Gasteiger partial charge in [0, 0.05) is 10.8 Å². The number of thioether (sulfide) groups is 1. The van der Waals surface area contributed by atoms with Gasteiger partial charge >= 0.3 is 17.2 Å². The number of aromatic nitrogens is 1. The van der Waals surface area contributed by atoms with E-state index >= 15 is 0 Å². The van der Waals surface area contributed by atoms with Crippen molar-refractivity contribution in [2.45, 2.75) is 28.5 Å². The number of ether oxygens (including phenoxy) is 1. The minimum Gasteiger partial charge on any atom is -0.484 e. The van der Waals surface area contributed by atoms with Gasteiger partial charge in [0.25, 0.3) is 5.91 Å². The summed E-state index contributed by atoms with van der Waals surface area (Å²) in [4.78, 5) is 55.6. The highest BCUT2D eigenvalue weighted by Crippen LogP contribution is 2.53. The van der Waals surface area contributed by atoms with Crippen molar-refractivity contribution in [3.63, 3.8) is 0 Å². The van der Waals surface area contributed by atoms with Gasteiger partial charge in [-0.15, -0.1) is 0 Å². The standard InChI is InChI=1S/C30H19F6N3O5S2/c31-29(32,33)15-6-4-7-16(12-15)39-26(41)22-21(23-25(38-28(43)46-23)45-24(22)27(39)42)14-5-3-8-17(11-14)44-13-20(40)37-19-10-2-1-9-18(19)30(34,35)36/h1-12,21-22,24H,13H2,(H,37,40)(H,38,43)/t21-,22-,24+/m0/s1. The van der Waals surface area contributed by atoms with Gasteiger partial charge < -0.3 is 15.0 Å². The van der Waals surface area contributed by atoms with Crippen LogP contribution in [0.5, 0.6) is 5.75 Å². The maximum Gasteiger partial charge on any atom is 0.418 e. The molecule has 4 aromatic rings. The van der Waals surface area contributed by atoms with Crippen LogP contribution in [0.4, 0.5) is 37.7 Å². The maximum atomic E-state index is 13.8. The molecule has 0 saturated carbocycles. The van der Waals surface area contributed by atoms with Crippen LogP contribution in [-0.2, 0) is 26.7 Å². The summed E-state index contributed by atoms with van der Waals surface area (Å²) in [6.07, 6.45) is -9.42. The smallest absolute Gasteiger partial charge is 0.418 e. The van der Waals surface area contributed by atoms with E-state index in [1.807, 2.05) is 0 Å². The van der Waals surface area contributed by atoms with Crippen molar-refractivity contribution in [3.8, 4) is 5.75 Å². The summed E-state index contributed by atoms with van der Waals surface area (Å²) in [5, 5.41) is 1.43. The molecule has 6 rings (SSSR count). The van der Waals surface area contributed by atoms with Crippen LogP contribution >= 0.6 is 23.1 Å². The number of fused-ring (bicyclic) bond motifs is 2. The minimum absolute atomic E-state index is 0.0995. The van der Waals surface area contributed by atoms with Crippen molar-refractivity contribution in [1.29, 1.82) is 0 Å². The zero-order valence-corrected chi connectivity index (χ0v) is 24.6. The Bertz CT molecular complexity index is 1920. The lowest BCUT2D eigenvalue weighted by Gasteiger charge is -2.30. The fourth-order valence-corrected chi connectivity index (χ4v) is 7.94. The van der Waals surface area contributed by atoms with Gasteiger partial charge in [-0.3, -0.25) is 19.2 Å². The lowest BCUT2D eigenvalue weighted by molar-refractivity contribution is -0.138. The molecule has 0 spiro atoms. The normalized spacial score (nSPS) is 19.5. The molecule has 2 aliphatic heterocycles. The Morgan fingerprint density at radius 2 is 1.63 bits per heavy atom. The molecule has 16 heteroatoms. The summed E-state index contributed by atoms with van der Waals surface area (Å²) in [5.41, 5.74) is -2.37. The first-order chi connectivity index (χ1) is 21.7. The summed E-state index contributed by atoms with van der Waals surface area (Å²) in [5.74, 6) is -4.28. The van der Waals surface area contributed by atoms with Gasteiger partial charge in [0.05, 0.1) is 33.4 Å². The topological polar surface area (TPSA) is 109 Å². The molecule has 238 valence electrons. The summed E-state index contributed by atoms with van der Waals surface area (Å²) < 4.78 is 85.7. The van der Waals surface area contributed by atoms with Crippen LogP contribution in [0.1, 0.15) is 27.5 Å². The first-order valence-electron chi connectivity index (χ1n) is 13.4. The zero-order valence-electron chi connectivity index (χ0n) is 22.9. The average Bonchev–Trinajstić information content (AvgIpc) is 3.49. The number of halogens is 6. The SMILES string of the molecule is O=C(COc1cccc([C@@H]2c3sc(=O)[nH]c3S[C@H]3C(=O)N(c4cccc(C(F)(F)F)c4)C(=O)[C@@H]23)c1)Nc1ccccc1C(F)(F)F. The van der Waals surface area contributed by atoms with Crippen LogP contribution in [-0.4, -0.2) is 34.6 Å². The Hall–Kier alpha value is -4.57. The fraction of sp³-hybridized carbons (Fsp3) is 0.200. The van der Waals surface area contributed by atoms with Gasteiger partial charge in [-0.25, -0.2) is 4.90 Å². The number of carbonyl (C=O) groups is 3. The summed E-state index contributed by atoms with van der Waals surface area (Å²) in [6, 6.07) is 14.4. The number of H-pyrrole nitrogens is 1. The number of nitrogens with zero attached hydrogens (tertiary/aromatic N) is 1. The number of aromatic amines is 1. The van der Waals surface area contributed by atoms with Gasteiger partial charge in [0.15, 0.2) is 6.61 Å². The van der Waals surface area contributed by atoms with Crippen LogP contribution < -0.4 is 19.8 Å². The lowest BCUT2D eigenvalue weighted by atomic mass is 9.83. The molecule has 3 atom stereocenters. The van der Waals surface area contributed by atoms with E-state index in [9.17, 15) is 45.5 Å². The van der Waals surface area contributed by atoms with Gasteiger partial charge in [-0.05, 0) is 48.0 Å². The minimum atomic E-state index is -4.71. The molecule has 3 amide bonds. The van der Waals surface area contributed by atoms with E-state index in [4.69, 9.17) is 4.74 Å². The highest BCUT2D eigenvalue weighted by molar-refractivity contribution is 8.00. The molecule has 1 saturated heterocycles. The van der Waals surface area contributed by atoms with E-state index in [0.29, 0.717) is 15.5 Å². The number of carbonyl (C=O) groups excluding carboxylic acids is 3. The molecular formula is C30H19F6N3O5S2. The molecule has 2 N–H and O–H groups in total. The molecule has 3 aromatic carbocycles. The average molecular weight is 680 g/mol. The van der Waals surface area contributed by atoms with E-state index in [0.717, 1.165) is 58.3 Å². The van der Waals surface area contributed by atoms with E-state index in [-0.39, 0.29) is 11.4 Å². The van der Waals surface area contributed by atoms with Gasteiger partial charge in [0.2, 0.25) is 11.8 Å². The second-order valence-electron chi connectivity index (χ2n) is 10.3. The second-order valence-corrected chi connectivity index (χ2v) is 12.4. The number of alkyl halides is 6. The monoisotopic (exact) mass is 679 g/mol. The molecular weight excluding hydrogens is 660 g/mol. The highest BCUT2D eigenvalue weighted by Gasteiger charge is 2.56. The predicted octanol–water partition coefficient (Wildman–Crippen LogP) is 6.29. The van der Waals surface area contributed by atoms with Crippen molar-refractivity contribution < 1.29 is 45.5 Å². The Labute approximate surface area is 263 Å². The molecule has 46 heavy (non-hydrogen) atoms. The summed E-state index contributed by atoms with van der Waals surface area (Å²) >= 11 is 1.76. The molecule has 0 unspecified atom stereocenters. The number of rotatable bonds is 6. The molecule has 3 heterocycles. The van der Waals surface area contributed by atoms with Gasteiger partial charge in [-0.1, -0.05) is 53.4 Å². The summed E-state index contributed by atoms with van der Waals surface area (Å²) in [6.45, 7) is -0.675. The van der Waals surface area contributed by atoms with E-state index in [1.165, 1.54) is 36.4 Å². The number of anilines is 2. The highest BCUT2D eigenvalue weighted by atomic mass is 32.2. The lowest BCUT2D eigenvalue weighted by Crippen LogP contribution is -2.32. The van der Waals surface area contributed by atoms with Crippen LogP contribution in [0.3, 0.4) is 0 Å². The van der Waals surface area contributed by atoms with E-state index < -0.39 is 75.5 Å². The van der Waals surface area contributed by atoms with E-state index in [2.05, 4.69) is 10.3 Å². The van der Waals surface area contributed by atoms with Crippen molar-refractivity contribution in [1.82, 2.24) is 4.98 Å². The number of imide groups is 1. The van der Waals surface area contributed by atoms with Crippen LogP contribution in [0, 0.1) is 5.92 Å². The number of amides is 3. The molecule has 1 aromatic heterocycles. The third kappa shape index (κ3) is 5.89. The Morgan fingerprint density at radius 1 is 0.891 bits per heavy atom. The predicted molar refractivity (Wildman–Crippen MR) is 156 cm³/mol. The van der Waals surface area contributed by atoms with Crippen LogP contribution in [0.15, 0.2) is 82.6 Å². The van der Waals surface area contributed by atoms with E-state index in [1.54, 1.807) is 6.07 Å². The number of benzene rings is 3. The third-order valence-corrected chi connectivity index (χ3v) is 9.75. The quantitative estimate of drug-likeness (QED) is 0.183. The third-order valence-electron chi connectivity index (χ3n) is 7.35. The first-order valence-corrected chi connectivity index (χ1v) is 15.1. The van der Waals surface area contributed by atoms with Crippen molar-refractivity contribution in [2.24, 2.45) is 5.92 Å². The molecule has 0 aliphatic carbocycles. The van der Waals surface area contributed by atoms with Gasteiger partial charge in [-0.2, -0.15) is 26.3 Å². The molecule has 0 radical (unpaired) electrons. The number of para-hydroxylation sites is 1. The van der Waals surface area contributed by atoms with Crippen molar-refractivity contribution in [3.05, 3.63) is 104 Å². The molecule has 0 bridgehead atoms. The largest absolute Gasteiger partial charge is 0.484 e. The summed E-state index contributed by atoms with van der Waals surface area (Å²) in [7, 11) is 0. The fourth-order valence-electron chi connectivity index (χ4n) is 5.42. The zero-order chi connectivity index (χ0) is 33.0. The number of nitrogens with one attached hydrogen (secondary N) is 2. The first kappa shape index (κ1) is 31.4. The van der Waals surface area contributed by atoms with Crippen LogP contribution in [0.25, 0.3) is 0 Å². The Morgan fingerprint density at radius 3 is 2.37 bits per heavy atom. The number of hydrogen-bond acceptors (Lipinski definition) is 7. The Kier molecular flexibility index (Phi) is 7.96. The Balaban J connectivity index is 1.28. The van der Waals surface area contributed by atoms with Gasteiger partial charge in [0.1, 0.15) is 11.0 Å². The molecule has 2 aliphatic rings. The van der Waals surface area contributed by atoms with Crippen LogP contribution in [0.2, 0.25) is 0 Å². The number of thiazole rings is 1. The van der Waals surface area contributed by atoms with Crippen molar-refractivity contribution >= 4 is 52.2 Å². The molecule has 8 nitrogen and oxygen atoms in total. The number of hydrogen-bond donors (Lipinski definition) is 2. The molecule has 1 fully saturated rings. The maximum absolute atomic E-state index is 13.8. The second kappa shape index (κ2) is 11.7. The van der Waals surface area contributed by atoms with Crippen molar-refractivity contribution in [2.75, 3.05) is 16.8 Å².